The highest BCUT2D eigenvalue weighted by Gasteiger charge is 2.12. The van der Waals surface area contributed by atoms with Gasteiger partial charge in [-0.2, -0.15) is 10.2 Å². The Kier molecular flexibility index (Phi) is 7.93. The zero-order chi connectivity index (χ0) is 23.3. The predicted octanol–water partition coefficient (Wildman–Crippen LogP) is 5.04. The fraction of sp³-hybridized carbons (Fsp3) is 0.261. The zero-order valence-corrected chi connectivity index (χ0v) is 20.6. The van der Waals surface area contributed by atoms with Gasteiger partial charge in [0, 0.05) is 10.6 Å². The van der Waals surface area contributed by atoms with E-state index in [-0.39, 0.29) is 12.5 Å². The zero-order valence-electron chi connectivity index (χ0n) is 18.3. The van der Waals surface area contributed by atoms with E-state index in [9.17, 15) is 4.79 Å². The molecule has 1 heterocycles. The number of methoxy groups -OCH3 is 1. The lowest BCUT2D eigenvalue weighted by Crippen LogP contribution is -2.25. The molecule has 0 aliphatic carbocycles. The summed E-state index contributed by atoms with van der Waals surface area (Å²) in [4.78, 5) is 12.3. The highest BCUT2D eigenvalue weighted by molar-refractivity contribution is 9.10. The Hall–Kier alpha value is -2.84. The highest BCUT2D eigenvalue weighted by atomic mass is 79.9. The van der Waals surface area contributed by atoms with E-state index in [4.69, 9.17) is 21.1 Å². The molecule has 0 spiro atoms. The average Bonchev–Trinajstić information content (AvgIpc) is 3.03. The number of halogens is 2. The molecule has 9 heteroatoms. The molecule has 1 N–H and O–H groups in total. The van der Waals surface area contributed by atoms with Gasteiger partial charge in [-0.05, 0) is 72.6 Å². The first-order chi connectivity index (χ1) is 15.3. The van der Waals surface area contributed by atoms with Crippen molar-refractivity contribution < 1.29 is 14.3 Å². The van der Waals surface area contributed by atoms with E-state index < -0.39 is 0 Å². The minimum absolute atomic E-state index is 0.0792. The molecule has 3 rings (SSSR count). The van der Waals surface area contributed by atoms with Crippen LogP contribution < -0.4 is 14.9 Å². The molecule has 0 atom stereocenters. The first-order valence-corrected chi connectivity index (χ1v) is 11.0. The molecule has 0 fully saturated rings. The second-order valence-corrected chi connectivity index (χ2v) is 8.38. The van der Waals surface area contributed by atoms with Gasteiger partial charge in [0.1, 0.15) is 13.2 Å². The van der Waals surface area contributed by atoms with Crippen molar-refractivity contribution in [1.82, 2.24) is 15.2 Å². The molecule has 32 heavy (non-hydrogen) atoms. The number of nitrogens with one attached hydrogen (secondary N) is 1. The summed E-state index contributed by atoms with van der Waals surface area (Å²) in [5.74, 6) is 0.917. The molecule has 168 valence electrons. The summed E-state index contributed by atoms with van der Waals surface area (Å²) in [7, 11) is 1.58. The second kappa shape index (κ2) is 10.7. The SMILES string of the molecule is COc1cc(/C(C)=N/NC(=O)Cn2nc(C)c(Br)c2C)ccc1OCc1ccc(Cl)cc1. The largest absolute Gasteiger partial charge is 0.493 e. The average molecular weight is 520 g/mol. The van der Waals surface area contributed by atoms with E-state index in [0.29, 0.717) is 28.8 Å². The summed E-state index contributed by atoms with van der Waals surface area (Å²) in [5, 5.41) is 9.23. The maximum atomic E-state index is 12.3. The molecule has 0 bridgehead atoms. The molecule has 0 unspecified atom stereocenters. The monoisotopic (exact) mass is 518 g/mol. The van der Waals surface area contributed by atoms with Crippen LogP contribution in [0, 0.1) is 13.8 Å². The Balaban J connectivity index is 1.64. The Labute approximate surface area is 200 Å². The van der Waals surface area contributed by atoms with Gasteiger partial charge in [0.25, 0.3) is 5.91 Å². The number of hydrogen-bond acceptors (Lipinski definition) is 5. The van der Waals surface area contributed by atoms with Crippen molar-refractivity contribution in [3.8, 4) is 11.5 Å². The first-order valence-electron chi connectivity index (χ1n) is 9.86. The molecule has 1 amide bonds. The highest BCUT2D eigenvalue weighted by Crippen LogP contribution is 2.29. The van der Waals surface area contributed by atoms with Gasteiger partial charge in [0.15, 0.2) is 11.5 Å². The number of carbonyl (C=O) groups excluding carboxylic acids is 1. The molecule has 2 aromatic carbocycles. The van der Waals surface area contributed by atoms with Crippen molar-refractivity contribution in [2.45, 2.75) is 33.9 Å². The van der Waals surface area contributed by atoms with Crippen molar-refractivity contribution in [3.05, 3.63) is 74.5 Å². The molecular formula is C23H24BrClN4O3. The van der Waals surface area contributed by atoms with Crippen LogP contribution in [0.25, 0.3) is 0 Å². The lowest BCUT2D eigenvalue weighted by atomic mass is 10.1. The summed E-state index contributed by atoms with van der Waals surface area (Å²) in [6.45, 7) is 6.05. The van der Waals surface area contributed by atoms with Crippen LogP contribution in [0.3, 0.4) is 0 Å². The van der Waals surface area contributed by atoms with Crippen LogP contribution in [-0.4, -0.2) is 28.5 Å². The summed E-state index contributed by atoms with van der Waals surface area (Å²) >= 11 is 9.38. The van der Waals surface area contributed by atoms with E-state index in [0.717, 1.165) is 27.0 Å². The van der Waals surface area contributed by atoms with E-state index >= 15 is 0 Å². The summed E-state index contributed by atoms with van der Waals surface area (Å²) < 4.78 is 13.9. The van der Waals surface area contributed by atoms with Crippen LogP contribution >= 0.6 is 27.5 Å². The van der Waals surface area contributed by atoms with Gasteiger partial charge in [-0.15, -0.1) is 0 Å². The van der Waals surface area contributed by atoms with Gasteiger partial charge in [-0.25, -0.2) is 5.43 Å². The fourth-order valence-corrected chi connectivity index (χ4v) is 3.37. The standard InChI is InChI=1S/C23H24BrClN4O3/c1-14(26-27-22(30)12-29-16(3)23(24)15(2)28-29)18-7-10-20(21(11-18)31-4)32-13-17-5-8-19(25)9-6-17/h5-11H,12-13H2,1-4H3,(H,27,30)/b26-14+. The van der Waals surface area contributed by atoms with Crippen molar-refractivity contribution in [3.63, 3.8) is 0 Å². The van der Waals surface area contributed by atoms with Crippen molar-refractivity contribution in [1.29, 1.82) is 0 Å². The van der Waals surface area contributed by atoms with E-state index in [1.807, 2.05) is 63.2 Å². The number of amides is 1. The maximum Gasteiger partial charge on any atom is 0.261 e. The third-order valence-corrected chi connectivity index (χ3v) is 6.22. The van der Waals surface area contributed by atoms with Crippen LogP contribution in [0.1, 0.15) is 29.4 Å². The molecule has 7 nitrogen and oxygen atoms in total. The molecule has 0 aliphatic heterocycles. The first kappa shape index (κ1) is 23.8. The van der Waals surface area contributed by atoms with Gasteiger partial charge < -0.3 is 9.47 Å². The van der Waals surface area contributed by atoms with Crippen LogP contribution in [0.2, 0.25) is 5.02 Å². The number of carbonyl (C=O) groups is 1. The van der Waals surface area contributed by atoms with Gasteiger partial charge in [0.05, 0.1) is 28.7 Å². The molecular weight excluding hydrogens is 496 g/mol. The Morgan fingerprint density at radius 2 is 1.91 bits per heavy atom. The number of hydrogen-bond donors (Lipinski definition) is 1. The molecule has 0 saturated carbocycles. The number of aromatic nitrogens is 2. The molecule has 1 aromatic heterocycles. The van der Waals surface area contributed by atoms with Crippen molar-refractivity contribution in [2.24, 2.45) is 5.10 Å². The van der Waals surface area contributed by atoms with Gasteiger partial charge in [0.2, 0.25) is 0 Å². The summed E-state index contributed by atoms with van der Waals surface area (Å²) in [6, 6.07) is 13.0. The molecule has 0 saturated heterocycles. The fourth-order valence-electron chi connectivity index (χ4n) is 2.96. The maximum absolute atomic E-state index is 12.3. The Morgan fingerprint density at radius 1 is 1.19 bits per heavy atom. The van der Waals surface area contributed by atoms with E-state index in [1.165, 1.54) is 0 Å². The second-order valence-electron chi connectivity index (χ2n) is 7.16. The number of nitrogens with zero attached hydrogens (tertiary/aromatic N) is 3. The lowest BCUT2D eigenvalue weighted by Gasteiger charge is -2.12. The van der Waals surface area contributed by atoms with Gasteiger partial charge in [-0.1, -0.05) is 23.7 Å². The van der Waals surface area contributed by atoms with Crippen LogP contribution in [0.5, 0.6) is 11.5 Å². The number of aryl methyl sites for hydroxylation is 1. The van der Waals surface area contributed by atoms with E-state index in [2.05, 4.69) is 31.6 Å². The molecule has 3 aromatic rings. The Bertz CT molecular complexity index is 1140. The van der Waals surface area contributed by atoms with Crippen molar-refractivity contribution >= 4 is 39.1 Å². The number of hydrazone groups is 1. The molecule has 0 radical (unpaired) electrons. The third kappa shape index (κ3) is 5.89. The van der Waals surface area contributed by atoms with Crippen LogP contribution in [0.15, 0.2) is 52.0 Å². The van der Waals surface area contributed by atoms with Gasteiger partial charge >= 0.3 is 0 Å². The van der Waals surface area contributed by atoms with Crippen LogP contribution in [-0.2, 0) is 17.9 Å². The topological polar surface area (TPSA) is 77.7 Å². The Morgan fingerprint density at radius 3 is 2.53 bits per heavy atom. The number of ether oxygens (including phenoxy) is 2. The third-order valence-electron chi connectivity index (χ3n) is 4.82. The predicted molar refractivity (Wildman–Crippen MR) is 129 cm³/mol. The summed E-state index contributed by atoms with van der Waals surface area (Å²) in [6.07, 6.45) is 0. The van der Waals surface area contributed by atoms with Gasteiger partial charge in [-0.3, -0.25) is 9.48 Å². The summed E-state index contributed by atoms with van der Waals surface area (Å²) in [5.41, 5.74) is 6.73. The quantitative estimate of drug-likeness (QED) is 0.334. The number of rotatable bonds is 8. The van der Waals surface area contributed by atoms with E-state index in [1.54, 1.807) is 11.8 Å². The lowest BCUT2D eigenvalue weighted by molar-refractivity contribution is -0.121. The minimum Gasteiger partial charge on any atom is -0.493 e. The normalized spacial score (nSPS) is 11.4. The minimum atomic E-state index is -0.266. The smallest absolute Gasteiger partial charge is 0.261 e. The van der Waals surface area contributed by atoms with Crippen LogP contribution in [0.4, 0.5) is 0 Å². The van der Waals surface area contributed by atoms with Crippen molar-refractivity contribution in [2.75, 3.05) is 7.11 Å². The number of benzene rings is 2. The molecule has 0 aliphatic rings.